The van der Waals surface area contributed by atoms with Gasteiger partial charge in [-0.05, 0) is 25.0 Å². The van der Waals surface area contributed by atoms with Crippen molar-refractivity contribution in [3.63, 3.8) is 0 Å². The molecule has 0 saturated carbocycles. The Hall–Kier alpha value is -2.57. The van der Waals surface area contributed by atoms with Gasteiger partial charge in [0, 0.05) is 24.6 Å². The van der Waals surface area contributed by atoms with Crippen LogP contribution in [0.3, 0.4) is 0 Å². The molecule has 0 unspecified atom stereocenters. The maximum Gasteiger partial charge on any atom is 0.321 e. The molecule has 1 saturated heterocycles. The van der Waals surface area contributed by atoms with Crippen molar-refractivity contribution in [2.24, 2.45) is 0 Å². The normalized spacial score (nSPS) is 14.9. The molecule has 8 heteroatoms. The summed E-state index contributed by atoms with van der Waals surface area (Å²) in [5, 5.41) is 7.65. The molecule has 0 aliphatic carbocycles. The number of carbonyl (C=O) groups excluding carboxylic acids is 1. The van der Waals surface area contributed by atoms with E-state index in [1.165, 1.54) is 0 Å². The van der Waals surface area contributed by atoms with Gasteiger partial charge in [-0.15, -0.1) is 0 Å². The van der Waals surface area contributed by atoms with Crippen LogP contribution in [0.15, 0.2) is 53.1 Å². The number of benzene rings is 2. The Kier molecular flexibility index (Phi) is 5.50. The van der Waals surface area contributed by atoms with E-state index in [1.54, 1.807) is 23.1 Å². The zero-order valence-electron chi connectivity index (χ0n) is 14.9. The largest absolute Gasteiger partial charge is 0.339 e. The SMILES string of the molecule is O=C(Nc1cccc(Cl)c1Cl)N1CCC(c2nc(-c3ccccc3)no2)CC1. The maximum atomic E-state index is 12.5. The molecule has 0 spiro atoms. The van der Waals surface area contributed by atoms with Gasteiger partial charge in [-0.3, -0.25) is 0 Å². The summed E-state index contributed by atoms with van der Waals surface area (Å²) >= 11 is 12.1. The number of anilines is 1. The molecule has 144 valence electrons. The number of urea groups is 1. The molecule has 3 aromatic rings. The molecular weight excluding hydrogens is 399 g/mol. The minimum Gasteiger partial charge on any atom is -0.339 e. The molecule has 2 amide bonds. The molecule has 4 rings (SSSR count). The monoisotopic (exact) mass is 416 g/mol. The number of nitrogens with one attached hydrogen (secondary N) is 1. The first-order chi connectivity index (χ1) is 13.6. The van der Waals surface area contributed by atoms with Gasteiger partial charge in [0.15, 0.2) is 0 Å². The van der Waals surface area contributed by atoms with Crippen molar-refractivity contribution in [1.29, 1.82) is 0 Å². The zero-order valence-corrected chi connectivity index (χ0v) is 16.5. The number of likely N-dealkylation sites (tertiary alicyclic amines) is 1. The Labute approximate surface area is 172 Å². The quantitative estimate of drug-likeness (QED) is 0.615. The molecule has 1 fully saturated rings. The molecule has 28 heavy (non-hydrogen) atoms. The van der Waals surface area contributed by atoms with Crippen molar-refractivity contribution in [3.05, 3.63) is 64.5 Å². The highest BCUT2D eigenvalue weighted by atomic mass is 35.5. The van der Waals surface area contributed by atoms with Gasteiger partial charge in [0.2, 0.25) is 11.7 Å². The smallest absolute Gasteiger partial charge is 0.321 e. The second kappa shape index (κ2) is 8.20. The van der Waals surface area contributed by atoms with Gasteiger partial charge < -0.3 is 14.7 Å². The summed E-state index contributed by atoms with van der Waals surface area (Å²) in [6.45, 7) is 1.19. The lowest BCUT2D eigenvalue weighted by molar-refractivity contribution is 0.187. The molecule has 0 radical (unpaired) electrons. The molecule has 1 N–H and O–H groups in total. The van der Waals surface area contributed by atoms with Crippen LogP contribution >= 0.6 is 23.2 Å². The van der Waals surface area contributed by atoms with Crippen molar-refractivity contribution in [1.82, 2.24) is 15.0 Å². The molecule has 1 aromatic heterocycles. The van der Waals surface area contributed by atoms with Crippen LogP contribution in [0.1, 0.15) is 24.7 Å². The van der Waals surface area contributed by atoms with E-state index in [0.29, 0.717) is 40.5 Å². The summed E-state index contributed by atoms with van der Waals surface area (Å²) in [6, 6.07) is 14.7. The van der Waals surface area contributed by atoms with E-state index in [9.17, 15) is 4.79 Å². The Morgan fingerprint density at radius 3 is 2.57 bits per heavy atom. The number of amides is 2. The summed E-state index contributed by atoms with van der Waals surface area (Å²) < 4.78 is 5.47. The first kappa shape index (κ1) is 18.8. The van der Waals surface area contributed by atoms with E-state index in [2.05, 4.69) is 15.5 Å². The Morgan fingerprint density at radius 1 is 1.07 bits per heavy atom. The highest BCUT2D eigenvalue weighted by Gasteiger charge is 2.28. The molecule has 1 aliphatic heterocycles. The highest BCUT2D eigenvalue weighted by molar-refractivity contribution is 6.43. The minimum atomic E-state index is -0.196. The molecule has 1 aliphatic rings. The molecule has 6 nitrogen and oxygen atoms in total. The van der Waals surface area contributed by atoms with Gasteiger partial charge in [0.25, 0.3) is 0 Å². The van der Waals surface area contributed by atoms with E-state index >= 15 is 0 Å². The first-order valence-corrected chi connectivity index (χ1v) is 9.76. The summed E-state index contributed by atoms with van der Waals surface area (Å²) in [5.74, 6) is 1.35. The maximum absolute atomic E-state index is 12.5. The van der Waals surface area contributed by atoms with Crippen LogP contribution in [0.4, 0.5) is 10.5 Å². The van der Waals surface area contributed by atoms with E-state index in [4.69, 9.17) is 27.7 Å². The van der Waals surface area contributed by atoms with Gasteiger partial charge in [0.1, 0.15) is 0 Å². The standard InChI is InChI=1S/C20H18Cl2N4O2/c21-15-7-4-8-16(17(15)22)23-20(27)26-11-9-14(10-12-26)19-24-18(25-28-19)13-5-2-1-3-6-13/h1-8,14H,9-12H2,(H,23,27). The average Bonchev–Trinajstić information content (AvgIpc) is 3.22. The second-order valence-corrected chi connectivity index (χ2v) is 7.40. The third-order valence-corrected chi connectivity index (χ3v) is 5.62. The van der Waals surface area contributed by atoms with Crippen molar-refractivity contribution >= 4 is 34.9 Å². The van der Waals surface area contributed by atoms with E-state index in [1.807, 2.05) is 30.3 Å². The summed E-state index contributed by atoms with van der Waals surface area (Å²) in [7, 11) is 0. The topological polar surface area (TPSA) is 71.3 Å². The second-order valence-electron chi connectivity index (χ2n) is 6.62. The number of carbonyl (C=O) groups is 1. The predicted octanol–water partition coefficient (Wildman–Crippen LogP) is 5.45. The molecule has 2 aromatic carbocycles. The Bertz CT molecular complexity index is 969. The molecule has 2 heterocycles. The average molecular weight is 417 g/mol. The number of aromatic nitrogens is 2. The number of nitrogens with zero attached hydrogens (tertiary/aromatic N) is 3. The summed E-state index contributed by atoms with van der Waals surface area (Å²) in [4.78, 5) is 18.8. The Morgan fingerprint density at radius 2 is 1.82 bits per heavy atom. The number of hydrogen-bond acceptors (Lipinski definition) is 4. The highest BCUT2D eigenvalue weighted by Crippen LogP contribution is 2.31. The third kappa shape index (κ3) is 3.98. The van der Waals surface area contributed by atoms with Crippen molar-refractivity contribution in [2.75, 3.05) is 18.4 Å². The van der Waals surface area contributed by atoms with Crippen LogP contribution in [0.5, 0.6) is 0 Å². The van der Waals surface area contributed by atoms with Crippen LogP contribution in [-0.4, -0.2) is 34.2 Å². The van der Waals surface area contributed by atoms with Crippen LogP contribution < -0.4 is 5.32 Å². The fourth-order valence-electron chi connectivity index (χ4n) is 3.23. The number of piperidine rings is 1. The van der Waals surface area contributed by atoms with Gasteiger partial charge >= 0.3 is 6.03 Å². The van der Waals surface area contributed by atoms with Gasteiger partial charge in [0.05, 0.1) is 15.7 Å². The van der Waals surface area contributed by atoms with Crippen LogP contribution in [0.2, 0.25) is 10.0 Å². The Balaban J connectivity index is 1.36. The molecular formula is C20H18Cl2N4O2. The summed E-state index contributed by atoms with van der Waals surface area (Å²) in [6.07, 6.45) is 1.51. The van der Waals surface area contributed by atoms with Crippen LogP contribution in [0, 0.1) is 0 Å². The molecule has 0 atom stereocenters. The van der Waals surface area contributed by atoms with Crippen molar-refractivity contribution < 1.29 is 9.32 Å². The van der Waals surface area contributed by atoms with Gasteiger partial charge in [-0.2, -0.15) is 4.98 Å². The number of rotatable bonds is 3. The van der Waals surface area contributed by atoms with E-state index < -0.39 is 0 Å². The lowest BCUT2D eigenvalue weighted by atomic mass is 9.97. The van der Waals surface area contributed by atoms with E-state index in [0.717, 1.165) is 18.4 Å². The van der Waals surface area contributed by atoms with Gasteiger partial charge in [-0.1, -0.05) is 64.8 Å². The minimum absolute atomic E-state index is 0.142. The van der Waals surface area contributed by atoms with E-state index in [-0.39, 0.29) is 11.9 Å². The van der Waals surface area contributed by atoms with Crippen molar-refractivity contribution in [3.8, 4) is 11.4 Å². The third-order valence-electron chi connectivity index (χ3n) is 4.80. The zero-order chi connectivity index (χ0) is 19.5. The van der Waals surface area contributed by atoms with Crippen LogP contribution in [-0.2, 0) is 0 Å². The molecule has 0 bridgehead atoms. The lowest BCUT2D eigenvalue weighted by Gasteiger charge is -2.30. The van der Waals surface area contributed by atoms with Crippen molar-refractivity contribution in [2.45, 2.75) is 18.8 Å². The number of halogens is 2. The van der Waals surface area contributed by atoms with Gasteiger partial charge in [-0.25, -0.2) is 4.79 Å². The predicted molar refractivity (Wildman–Crippen MR) is 109 cm³/mol. The lowest BCUT2D eigenvalue weighted by Crippen LogP contribution is -2.40. The fraction of sp³-hybridized carbons (Fsp3) is 0.250. The number of hydrogen-bond donors (Lipinski definition) is 1. The first-order valence-electron chi connectivity index (χ1n) is 9.01. The summed E-state index contributed by atoms with van der Waals surface area (Å²) in [5.41, 5.74) is 1.43. The van der Waals surface area contributed by atoms with Crippen LogP contribution in [0.25, 0.3) is 11.4 Å². The fourth-order valence-corrected chi connectivity index (χ4v) is 3.58.